The lowest BCUT2D eigenvalue weighted by Gasteiger charge is -2.09. The van der Waals surface area contributed by atoms with Crippen molar-refractivity contribution in [2.45, 2.75) is 24.7 Å². The average Bonchev–Trinajstić information content (AvgIpc) is 2.32. The molecule has 0 radical (unpaired) electrons. The zero-order chi connectivity index (χ0) is 14.6. The normalized spacial score (nSPS) is 11.3. The van der Waals surface area contributed by atoms with Crippen LogP contribution in [0, 0.1) is 12.7 Å². The summed E-state index contributed by atoms with van der Waals surface area (Å²) in [5.41, 5.74) is -0.422. The number of rotatable bonds is 6. The van der Waals surface area contributed by atoms with Crippen molar-refractivity contribution in [1.29, 1.82) is 0 Å². The number of carboxylic acids is 1. The van der Waals surface area contributed by atoms with Gasteiger partial charge in [0.1, 0.15) is 5.82 Å². The summed E-state index contributed by atoms with van der Waals surface area (Å²) in [6, 6.07) is 1.82. The summed E-state index contributed by atoms with van der Waals surface area (Å²) < 4.78 is 37.7. The predicted octanol–water partition coefficient (Wildman–Crippen LogP) is 2.57. The first-order chi connectivity index (χ1) is 8.79. The molecule has 0 aliphatic rings. The molecule has 0 atom stereocenters. The zero-order valence-electron chi connectivity index (χ0n) is 10.5. The third-order valence-corrected chi connectivity index (χ3v) is 4.62. The molecule has 0 unspecified atom stereocenters. The van der Waals surface area contributed by atoms with E-state index in [9.17, 15) is 17.6 Å². The van der Waals surface area contributed by atoms with Gasteiger partial charge in [-0.3, -0.25) is 0 Å². The van der Waals surface area contributed by atoms with Crippen LogP contribution in [0.15, 0.2) is 29.7 Å². The van der Waals surface area contributed by atoms with E-state index in [1.54, 1.807) is 6.08 Å². The van der Waals surface area contributed by atoms with Crippen molar-refractivity contribution in [2.75, 3.05) is 5.75 Å². The quantitative estimate of drug-likeness (QED) is 0.644. The highest BCUT2D eigenvalue weighted by Gasteiger charge is 2.21. The van der Waals surface area contributed by atoms with Crippen molar-refractivity contribution < 1.29 is 22.7 Å². The minimum Gasteiger partial charge on any atom is -0.478 e. The van der Waals surface area contributed by atoms with Gasteiger partial charge in [-0.25, -0.2) is 17.6 Å². The number of benzene rings is 1. The number of carboxylic acid groups (broad SMARTS) is 1. The summed E-state index contributed by atoms with van der Waals surface area (Å²) in [5, 5.41) is 8.83. The molecular weight excluding hydrogens is 271 g/mol. The van der Waals surface area contributed by atoms with Gasteiger partial charge < -0.3 is 5.11 Å². The standard InChI is InChI=1S/C13H15FO4S/c1-3-4-5-6-19(17,18)12-8-10(13(15)16)7-11(14)9(12)2/h3,7-8H,1,4-6H2,2H3,(H,15,16). The Morgan fingerprint density at radius 1 is 1.47 bits per heavy atom. The Labute approximate surface area is 111 Å². The lowest BCUT2D eigenvalue weighted by Crippen LogP contribution is -2.11. The van der Waals surface area contributed by atoms with Crippen LogP contribution < -0.4 is 0 Å². The second-order valence-corrected chi connectivity index (χ2v) is 6.21. The number of carbonyl (C=O) groups is 1. The van der Waals surface area contributed by atoms with Crippen LogP contribution >= 0.6 is 0 Å². The van der Waals surface area contributed by atoms with Gasteiger partial charge in [0.25, 0.3) is 0 Å². The maximum atomic E-state index is 13.6. The van der Waals surface area contributed by atoms with Crippen molar-refractivity contribution in [1.82, 2.24) is 0 Å². The molecule has 1 rings (SSSR count). The fraction of sp³-hybridized carbons (Fsp3) is 0.308. The lowest BCUT2D eigenvalue weighted by molar-refractivity contribution is 0.0696. The van der Waals surface area contributed by atoms with Crippen molar-refractivity contribution >= 4 is 15.8 Å². The van der Waals surface area contributed by atoms with E-state index in [0.29, 0.717) is 12.8 Å². The minimum atomic E-state index is -3.69. The van der Waals surface area contributed by atoms with Crippen molar-refractivity contribution in [3.05, 3.63) is 41.7 Å². The van der Waals surface area contributed by atoms with E-state index in [-0.39, 0.29) is 21.8 Å². The molecule has 0 aromatic heterocycles. The molecule has 0 spiro atoms. The summed E-state index contributed by atoms with van der Waals surface area (Å²) in [6.45, 7) is 4.81. The Morgan fingerprint density at radius 2 is 2.11 bits per heavy atom. The fourth-order valence-corrected chi connectivity index (χ4v) is 3.26. The van der Waals surface area contributed by atoms with Crippen molar-refractivity contribution in [3.63, 3.8) is 0 Å². The maximum absolute atomic E-state index is 13.6. The molecular formula is C13H15FO4S. The van der Waals surface area contributed by atoms with Crippen LogP contribution in [0.25, 0.3) is 0 Å². The van der Waals surface area contributed by atoms with E-state index < -0.39 is 21.6 Å². The Hall–Kier alpha value is -1.69. The monoisotopic (exact) mass is 286 g/mol. The number of allylic oxidation sites excluding steroid dienone is 1. The smallest absolute Gasteiger partial charge is 0.335 e. The highest BCUT2D eigenvalue weighted by molar-refractivity contribution is 7.91. The summed E-state index contributed by atoms with van der Waals surface area (Å²) in [7, 11) is -3.69. The van der Waals surface area contributed by atoms with Gasteiger partial charge in [0.15, 0.2) is 9.84 Å². The van der Waals surface area contributed by atoms with Gasteiger partial charge in [-0.05, 0) is 31.9 Å². The van der Waals surface area contributed by atoms with E-state index in [4.69, 9.17) is 5.11 Å². The number of halogens is 1. The van der Waals surface area contributed by atoms with Crippen LogP contribution in [0.5, 0.6) is 0 Å². The summed E-state index contributed by atoms with van der Waals surface area (Å²) in [6.07, 6.45) is 2.49. The largest absolute Gasteiger partial charge is 0.478 e. The molecule has 4 nitrogen and oxygen atoms in total. The number of hydrogen-bond acceptors (Lipinski definition) is 3. The van der Waals surface area contributed by atoms with E-state index in [0.717, 1.165) is 12.1 Å². The second kappa shape index (κ2) is 5.97. The summed E-state index contributed by atoms with van der Waals surface area (Å²) in [5.74, 6) is -2.36. The van der Waals surface area contributed by atoms with Gasteiger partial charge in [-0.15, -0.1) is 6.58 Å². The Bertz CT molecular complexity index is 605. The first kappa shape index (κ1) is 15.4. The lowest BCUT2D eigenvalue weighted by atomic mass is 10.1. The molecule has 0 amide bonds. The molecule has 0 saturated carbocycles. The summed E-state index contributed by atoms with van der Waals surface area (Å²) >= 11 is 0. The average molecular weight is 286 g/mol. The van der Waals surface area contributed by atoms with E-state index in [2.05, 4.69) is 6.58 Å². The predicted molar refractivity (Wildman–Crippen MR) is 69.6 cm³/mol. The Morgan fingerprint density at radius 3 is 2.63 bits per heavy atom. The Balaban J connectivity index is 3.25. The SMILES string of the molecule is C=CCCCS(=O)(=O)c1cc(C(=O)O)cc(F)c1C. The van der Waals surface area contributed by atoms with Gasteiger partial charge >= 0.3 is 5.97 Å². The van der Waals surface area contributed by atoms with Crippen LogP contribution in [0.4, 0.5) is 4.39 Å². The highest BCUT2D eigenvalue weighted by Crippen LogP contribution is 2.22. The molecule has 1 N–H and O–H groups in total. The van der Waals surface area contributed by atoms with Crippen LogP contribution in [0.2, 0.25) is 0 Å². The van der Waals surface area contributed by atoms with Crippen LogP contribution in [0.1, 0.15) is 28.8 Å². The first-order valence-corrected chi connectivity index (χ1v) is 7.32. The topological polar surface area (TPSA) is 71.4 Å². The van der Waals surface area contributed by atoms with Crippen LogP contribution in [0.3, 0.4) is 0 Å². The minimum absolute atomic E-state index is 0.0522. The molecule has 104 valence electrons. The molecule has 0 aliphatic heterocycles. The molecule has 0 saturated heterocycles. The fourth-order valence-electron chi connectivity index (χ4n) is 1.63. The Kier molecular flexibility index (Phi) is 4.83. The molecule has 0 heterocycles. The van der Waals surface area contributed by atoms with E-state index >= 15 is 0 Å². The second-order valence-electron chi connectivity index (χ2n) is 4.14. The molecule has 0 aliphatic carbocycles. The number of sulfone groups is 1. The van der Waals surface area contributed by atoms with E-state index in [1.165, 1.54) is 6.92 Å². The molecule has 0 fully saturated rings. The van der Waals surface area contributed by atoms with E-state index in [1.807, 2.05) is 0 Å². The van der Waals surface area contributed by atoms with Gasteiger partial charge in [-0.2, -0.15) is 0 Å². The van der Waals surface area contributed by atoms with Gasteiger partial charge in [-0.1, -0.05) is 6.08 Å². The third-order valence-electron chi connectivity index (χ3n) is 2.70. The number of aromatic carboxylic acids is 1. The first-order valence-electron chi connectivity index (χ1n) is 5.66. The highest BCUT2D eigenvalue weighted by atomic mass is 32.2. The zero-order valence-corrected chi connectivity index (χ0v) is 11.3. The summed E-state index contributed by atoms with van der Waals surface area (Å²) in [4.78, 5) is 10.6. The van der Waals surface area contributed by atoms with Gasteiger partial charge in [0, 0.05) is 5.56 Å². The number of hydrogen-bond donors (Lipinski definition) is 1. The van der Waals surface area contributed by atoms with Crippen molar-refractivity contribution in [3.8, 4) is 0 Å². The molecule has 1 aromatic rings. The van der Waals surface area contributed by atoms with Crippen molar-refractivity contribution in [2.24, 2.45) is 0 Å². The molecule has 1 aromatic carbocycles. The third kappa shape index (κ3) is 3.64. The molecule has 19 heavy (non-hydrogen) atoms. The van der Waals surface area contributed by atoms with Crippen LogP contribution in [-0.2, 0) is 9.84 Å². The van der Waals surface area contributed by atoms with Gasteiger partial charge in [0.05, 0.1) is 16.2 Å². The molecule has 0 bridgehead atoms. The van der Waals surface area contributed by atoms with Gasteiger partial charge in [0.2, 0.25) is 0 Å². The maximum Gasteiger partial charge on any atom is 0.335 e. The van der Waals surface area contributed by atoms with Crippen LogP contribution in [-0.4, -0.2) is 25.2 Å². The molecule has 6 heteroatoms. The number of unbranched alkanes of at least 4 members (excludes halogenated alkanes) is 1.